The first-order valence-corrected chi connectivity index (χ1v) is 5.65. The zero-order chi connectivity index (χ0) is 11.6. The minimum Gasteiger partial charge on any atom is -0.0683 e. The lowest BCUT2D eigenvalue weighted by Gasteiger charge is -1.96. The predicted octanol–water partition coefficient (Wildman–Crippen LogP) is 5.05. The van der Waals surface area contributed by atoms with Crippen molar-refractivity contribution in [1.82, 2.24) is 0 Å². The van der Waals surface area contributed by atoms with E-state index in [0.29, 0.717) is 0 Å². The first-order chi connectivity index (χ1) is 6.60. The molecule has 1 aromatic carbocycles. The molecule has 0 aromatic heterocycles. The zero-order valence-electron chi connectivity index (χ0n) is 10.9. The van der Waals surface area contributed by atoms with Crippen molar-refractivity contribution in [1.29, 1.82) is 0 Å². The third-order valence-electron chi connectivity index (χ3n) is 1.37. The molecule has 0 atom stereocenters. The van der Waals surface area contributed by atoms with Gasteiger partial charge in [-0.15, -0.1) is 0 Å². The smallest absolute Gasteiger partial charge is 0.0398 e. The molecule has 0 aliphatic heterocycles. The summed E-state index contributed by atoms with van der Waals surface area (Å²) in [6.45, 7) is 14.6. The topological polar surface area (TPSA) is 0 Å². The van der Waals surface area contributed by atoms with Crippen LogP contribution in [0.15, 0.2) is 18.2 Å². The Hall–Kier alpha value is -0.780. The Morgan fingerprint density at radius 1 is 0.714 bits per heavy atom. The van der Waals surface area contributed by atoms with Gasteiger partial charge in [-0.25, -0.2) is 0 Å². The van der Waals surface area contributed by atoms with Gasteiger partial charge in [-0.05, 0) is 20.8 Å². The summed E-state index contributed by atoms with van der Waals surface area (Å²) in [7, 11) is 0. The van der Waals surface area contributed by atoms with Crippen molar-refractivity contribution < 1.29 is 0 Å². The van der Waals surface area contributed by atoms with Gasteiger partial charge in [0, 0.05) is 0 Å². The number of hydrogen-bond donors (Lipinski definition) is 0. The van der Waals surface area contributed by atoms with Gasteiger partial charge in [0.15, 0.2) is 0 Å². The molecule has 0 bridgehead atoms. The molecule has 0 amide bonds. The maximum absolute atomic E-state index is 2.19. The van der Waals surface area contributed by atoms with Crippen LogP contribution in [0.25, 0.3) is 0 Å². The first-order valence-electron chi connectivity index (χ1n) is 5.65. The van der Waals surface area contributed by atoms with Gasteiger partial charge in [0.2, 0.25) is 0 Å². The highest BCUT2D eigenvalue weighted by atomic mass is 13.9. The highest BCUT2D eigenvalue weighted by molar-refractivity contribution is 5.27. The number of benzene rings is 1. The monoisotopic (exact) mass is 194 g/mol. The van der Waals surface area contributed by atoms with Crippen molar-refractivity contribution in [3.63, 3.8) is 0 Å². The van der Waals surface area contributed by atoms with Crippen LogP contribution >= 0.6 is 0 Å². The average Bonchev–Trinajstić information content (AvgIpc) is 2.06. The summed E-state index contributed by atoms with van der Waals surface area (Å²) in [6.07, 6.45) is 1.25. The van der Waals surface area contributed by atoms with Crippen LogP contribution in [0.5, 0.6) is 0 Å². The van der Waals surface area contributed by atoms with E-state index < -0.39 is 0 Å². The molecule has 1 rings (SSSR count). The molecule has 0 aliphatic rings. The Bertz CT molecular complexity index is 173. The standard InChI is InChI=1S/C9H12.C3H8.C2H6/c1-7-4-8(2)6-9(3)5-7;1-3-2;1-2/h4-6H,1-3H3;3H2,1-2H3;1-2H3. The lowest BCUT2D eigenvalue weighted by Crippen LogP contribution is -1.78. The second-order valence-corrected chi connectivity index (χ2v) is 3.37. The fourth-order valence-electron chi connectivity index (χ4n) is 1.20. The van der Waals surface area contributed by atoms with E-state index in [9.17, 15) is 0 Å². The van der Waals surface area contributed by atoms with E-state index in [0.717, 1.165) is 0 Å². The van der Waals surface area contributed by atoms with Gasteiger partial charge in [0.1, 0.15) is 0 Å². The van der Waals surface area contributed by atoms with Gasteiger partial charge in [-0.1, -0.05) is 69.0 Å². The SMILES string of the molecule is CC.CCC.Cc1cc(C)cc(C)c1. The minimum absolute atomic E-state index is 1.25. The van der Waals surface area contributed by atoms with Crippen molar-refractivity contribution in [3.8, 4) is 0 Å². The summed E-state index contributed by atoms with van der Waals surface area (Å²) in [4.78, 5) is 0. The number of hydrogen-bond acceptors (Lipinski definition) is 0. The van der Waals surface area contributed by atoms with Crippen LogP contribution in [-0.2, 0) is 0 Å². The molecule has 0 N–H and O–H groups in total. The van der Waals surface area contributed by atoms with E-state index in [1.165, 1.54) is 23.1 Å². The summed E-state index contributed by atoms with van der Waals surface area (Å²) in [5, 5.41) is 0. The van der Waals surface area contributed by atoms with E-state index >= 15 is 0 Å². The van der Waals surface area contributed by atoms with Crippen LogP contribution in [0, 0.1) is 20.8 Å². The highest BCUT2D eigenvalue weighted by Gasteiger charge is 1.87. The molecule has 1 aromatic rings. The molecule has 0 saturated heterocycles. The highest BCUT2D eigenvalue weighted by Crippen LogP contribution is 2.06. The quantitative estimate of drug-likeness (QED) is 0.542. The maximum Gasteiger partial charge on any atom is -0.0398 e. The summed E-state index contributed by atoms with van der Waals surface area (Å²) in [5.41, 5.74) is 4.06. The molecule has 0 radical (unpaired) electrons. The fraction of sp³-hybridized carbons (Fsp3) is 0.571. The van der Waals surface area contributed by atoms with Crippen LogP contribution in [0.3, 0.4) is 0 Å². The number of rotatable bonds is 0. The molecule has 0 nitrogen and oxygen atoms in total. The van der Waals surface area contributed by atoms with Gasteiger partial charge in [-0.3, -0.25) is 0 Å². The Morgan fingerprint density at radius 3 is 1.00 bits per heavy atom. The molecule has 0 heterocycles. The van der Waals surface area contributed by atoms with Crippen LogP contribution in [0.1, 0.15) is 50.8 Å². The van der Waals surface area contributed by atoms with Crippen molar-refractivity contribution in [2.75, 3.05) is 0 Å². The summed E-state index contributed by atoms with van der Waals surface area (Å²) >= 11 is 0. The molecule has 0 fully saturated rings. The molecule has 0 unspecified atom stereocenters. The second kappa shape index (κ2) is 10.3. The average molecular weight is 194 g/mol. The van der Waals surface area contributed by atoms with Crippen molar-refractivity contribution in [2.24, 2.45) is 0 Å². The first kappa shape index (κ1) is 15.7. The van der Waals surface area contributed by atoms with E-state index in [1.54, 1.807) is 0 Å². The molecular weight excluding hydrogens is 168 g/mol. The summed E-state index contributed by atoms with van der Waals surface area (Å²) < 4.78 is 0. The van der Waals surface area contributed by atoms with E-state index in [4.69, 9.17) is 0 Å². The van der Waals surface area contributed by atoms with E-state index in [2.05, 4.69) is 52.8 Å². The van der Waals surface area contributed by atoms with Gasteiger partial charge >= 0.3 is 0 Å². The summed E-state index contributed by atoms with van der Waals surface area (Å²) in [6, 6.07) is 6.56. The lowest BCUT2D eigenvalue weighted by atomic mass is 10.1. The Balaban J connectivity index is 0. The lowest BCUT2D eigenvalue weighted by molar-refractivity contribution is 1.09. The van der Waals surface area contributed by atoms with Crippen LogP contribution < -0.4 is 0 Å². The van der Waals surface area contributed by atoms with Crippen molar-refractivity contribution in [2.45, 2.75) is 54.9 Å². The molecule has 82 valence electrons. The minimum atomic E-state index is 1.25. The van der Waals surface area contributed by atoms with E-state index in [-0.39, 0.29) is 0 Å². The van der Waals surface area contributed by atoms with Crippen molar-refractivity contribution >= 4 is 0 Å². The van der Waals surface area contributed by atoms with Gasteiger partial charge in [0.25, 0.3) is 0 Å². The second-order valence-electron chi connectivity index (χ2n) is 3.37. The third kappa shape index (κ3) is 9.31. The molecule has 14 heavy (non-hydrogen) atoms. The largest absolute Gasteiger partial charge is 0.0683 e. The van der Waals surface area contributed by atoms with Gasteiger partial charge < -0.3 is 0 Å². The van der Waals surface area contributed by atoms with Gasteiger partial charge in [0.05, 0.1) is 0 Å². The zero-order valence-corrected chi connectivity index (χ0v) is 10.9. The molecule has 0 heteroatoms. The molecule has 0 saturated carbocycles. The van der Waals surface area contributed by atoms with Crippen LogP contribution in [0.4, 0.5) is 0 Å². The third-order valence-corrected chi connectivity index (χ3v) is 1.37. The van der Waals surface area contributed by atoms with Crippen LogP contribution in [0.2, 0.25) is 0 Å². The molecular formula is C14H26. The Labute approximate surface area is 90.4 Å². The fourth-order valence-corrected chi connectivity index (χ4v) is 1.20. The van der Waals surface area contributed by atoms with Crippen molar-refractivity contribution in [3.05, 3.63) is 34.9 Å². The normalized spacial score (nSPS) is 7.93. The van der Waals surface area contributed by atoms with E-state index in [1.807, 2.05) is 13.8 Å². The maximum atomic E-state index is 2.19. The van der Waals surface area contributed by atoms with Crippen LogP contribution in [-0.4, -0.2) is 0 Å². The molecule has 0 aliphatic carbocycles. The Kier molecular flexibility index (Phi) is 11.5. The Morgan fingerprint density at radius 2 is 0.857 bits per heavy atom. The summed E-state index contributed by atoms with van der Waals surface area (Å²) in [5.74, 6) is 0. The molecule has 0 spiro atoms. The predicted molar refractivity (Wildman–Crippen MR) is 68.0 cm³/mol. The number of aryl methyl sites for hydroxylation is 3. The van der Waals surface area contributed by atoms with Gasteiger partial charge in [-0.2, -0.15) is 0 Å².